The lowest BCUT2D eigenvalue weighted by molar-refractivity contribution is 0.211. The second-order valence-corrected chi connectivity index (χ2v) is 10.3. The Hall–Kier alpha value is -3.23. The Kier molecular flexibility index (Phi) is 5.40. The van der Waals surface area contributed by atoms with Gasteiger partial charge in [0.1, 0.15) is 27.5 Å². The van der Waals surface area contributed by atoms with E-state index in [2.05, 4.69) is 15.0 Å². The zero-order chi connectivity index (χ0) is 22.1. The van der Waals surface area contributed by atoms with Gasteiger partial charge in [0.25, 0.3) is 0 Å². The molecule has 5 rings (SSSR count). The van der Waals surface area contributed by atoms with Crippen LogP contribution in [-0.2, 0) is 9.84 Å². The number of imidazole rings is 1. The van der Waals surface area contributed by atoms with Gasteiger partial charge in [0, 0.05) is 11.8 Å². The van der Waals surface area contributed by atoms with Crippen molar-refractivity contribution in [1.82, 2.24) is 15.0 Å². The number of nitrogens with zero attached hydrogens (tertiary/aromatic N) is 2. The molecular formula is C24H23N3O4S. The SMILES string of the molecule is O=S1(=O)CCC(c2cccnc2Oc2ccc(C(O)c3nc4ccccc4[nH]3)cc2)CC1. The highest BCUT2D eigenvalue weighted by molar-refractivity contribution is 7.91. The van der Waals surface area contributed by atoms with Gasteiger partial charge in [-0.15, -0.1) is 0 Å². The third-order valence-corrected chi connectivity index (χ3v) is 7.59. The summed E-state index contributed by atoms with van der Waals surface area (Å²) in [6.45, 7) is 0. The second-order valence-electron chi connectivity index (χ2n) is 8.04. The highest BCUT2D eigenvalue weighted by Gasteiger charge is 2.27. The fraction of sp³-hybridized carbons (Fsp3) is 0.250. The number of rotatable bonds is 5. The van der Waals surface area contributed by atoms with Gasteiger partial charge in [0.15, 0.2) is 0 Å². The topological polar surface area (TPSA) is 105 Å². The number of aromatic nitrogens is 3. The Labute approximate surface area is 186 Å². The van der Waals surface area contributed by atoms with Crippen molar-refractivity contribution in [3.8, 4) is 11.6 Å². The molecule has 0 radical (unpaired) electrons. The van der Waals surface area contributed by atoms with Gasteiger partial charge in [-0.25, -0.2) is 18.4 Å². The molecule has 2 aromatic carbocycles. The summed E-state index contributed by atoms with van der Waals surface area (Å²) in [5.41, 5.74) is 3.29. The Bertz CT molecular complexity index is 1300. The molecule has 7 nitrogen and oxygen atoms in total. The normalized spacial score (nSPS) is 17.3. The molecule has 1 unspecified atom stereocenters. The van der Waals surface area contributed by atoms with Crippen molar-refractivity contribution in [3.63, 3.8) is 0 Å². The number of nitrogens with one attached hydrogen (secondary N) is 1. The van der Waals surface area contributed by atoms with Gasteiger partial charge in [-0.1, -0.05) is 30.3 Å². The van der Waals surface area contributed by atoms with Crippen LogP contribution in [0.15, 0.2) is 66.9 Å². The van der Waals surface area contributed by atoms with Crippen LogP contribution in [0.25, 0.3) is 11.0 Å². The maximum absolute atomic E-state index is 11.8. The first-order valence-electron chi connectivity index (χ1n) is 10.5. The van der Waals surface area contributed by atoms with Crippen LogP contribution in [0.4, 0.5) is 0 Å². The van der Waals surface area contributed by atoms with E-state index in [0.717, 1.165) is 16.6 Å². The number of para-hydroxylation sites is 2. The van der Waals surface area contributed by atoms with Gasteiger partial charge >= 0.3 is 0 Å². The summed E-state index contributed by atoms with van der Waals surface area (Å²) >= 11 is 0. The second kappa shape index (κ2) is 8.37. The van der Waals surface area contributed by atoms with Gasteiger partial charge in [-0.05, 0) is 54.7 Å². The summed E-state index contributed by atoms with van der Waals surface area (Å²) < 4.78 is 29.6. The molecule has 32 heavy (non-hydrogen) atoms. The van der Waals surface area contributed by atoms with Gasteiger partial charge in [0.2, 0.25) is 5.88 Å². The first-order chi connectivity index (χ1) is 15.5. The Morgan fingerprint density at radius 1 is 1.00 bits per heavy atom. The number of aromatic amines is 1. The van der Waals surface area contributed by atoms with E-state index in [4.69, 9.17) is 4.74 Å². The third kappa shape index (κ3) is 4.24. The minimum Gasteiger partial charge on any atom is -0.439 e. The van der Waals surface area contributed by atoms with Crippen LogP contribution in [-0.4, -0.2) is 40.0 Å². The molecule has 164 valence electrons. The Balaban J connectivity index is 1.33. The van der Waals surface area contributed by atoms with Crippen molar-refractivity contribution in [2.75, 3.05) is 11.5 Å². The summed E-state index contributed by atoms with van der Waals surface area (Å²) in [6.07, 6.45) is 1.93. The maximum Gasteiger partial charge on any atom is 0.222 e. The Morgan fingerprint density at radius 2 is 1.75 bits per heavy atom. The van der Waals surface area contributed by atoms with E-state index in [-0.39, 0.29) is 17.4 Å². The highest BCUT2D eigenvalue weighted by atomic mass is 32.2. The van der Waals surface area contributed by atoms with Crippen LogP contribution in [0.1, 0.15) is 41.8 Å². The first kappa shape index (κ1) is 20.7. The number of sulfone groups is 1. The molecule has 4 aromatic rings. The quantitative estimate of drug-likeness (QED) is 0.475. The molecule has 3 heterocycles. The number of benzene rings is 2. The number of ether oxygens (including phenoxy) is 1. The molecule has 0 spiro atoms. The average Bonchev–Trinajstić information content (AvgIpc) is 3.24. The van der Waals surface area contributed by atoms with E-state index >= 15 is 0 Å². The van der Waals surface area contributed by atoms with Crippen molar-refractivity contribution in [2.24, 2.45) is 0 Å². The van der Waals surface area contributed by atoms with E-state index in [1.165, 1.54) is 0 Å². The lowest BCUT2D eigenvalue weighted by atomic mass is 9.94. The average molecular weight is 450 g/mol. The lowest BCUT2D eigenvalue weighted by Gasteiger charge is -2.23. The van der Waals surface area contributed by atoms with E-state index in [1.54, 1.807) is 30.5 Å². The minimum atomic E-state index is -2.93. The molecule has 1 fully saturated rings. The zero-order valence-electron chi connectivity index (χ0n) is 17.3. The number of fused-ring (bicyclic) bond motifs is 1. The van der Waals surface area contributed by atoms with E-state index in [1.807, 2.05) is 36.4 Å². The van der Waals surface area contributed by atoms with Crippen LogP contribution < -0.4 is 4.74 Å². The summed E-state index contributed by atoms with van der Waals surface area (Å²) in [7, 11) is -2.93. The van der Waals surface area contributed by atoms with E-state index in [0.29, 0.717) is 35.9 Å². The van der Waals surface area contributed by atoms with Crippen LogP contribution in [0.3, 0.4) is 0 Å². The molecule has 2 N–H and O–H groups in total. The van der Waals surface area contributed by atoms with Crippen molar-refractivity contribution in [3.05, 3.63) is 83.8 Å². The van der Waals surface area contributed by atoms with Gasteiger partial charge < -0.3 is 14.8 Å². The molecule has 1 atom stereocenters. The molecule has 0 saturated carbocycles. The Morgan fingerprint density at radius 3 is 2.50 bits per heavy atom. The summed E-state index contributed by atoms with van der Waals surface area (Å²) in [6, 6.07) is 18.6. The van der Waals surface area contributed by atoms with Gasteiger partial charge in [0.05, 0.1) is 22.5 Å². The van der Waals surface area contributed by atoms with Crippen molar-refractivity contribution in [1.29, 1.82) is 0 Å². The molecule has 0 aliphatic carbocycles. The smallest absolute Gasteiger partial charge is 0.222 e. The van der Waals surface area contributed by atoms with Crippen LogP contribution in [0, 0.1) is 0 Å². The molecule has 0 amide bonds. The number of hydrogen-bond acceptors (Lipinski definition) is 6. The number of aliphatic hydroxyl groups excluding tert-OH is 1. The summed E-state index contributed by atoms with van der Waals surface area (Å²) in [5.74, 6) is 2.06. The molecule has 1 saturated heterocycles. The number of pyridine rings is 1. The van der Waals surface area contributed by atoms with E-state index < -0.39 is 15.9 Å². The van der Waals surface area contributed by atoms with Crippen molar-refractivity contribution >= 4 is 20.9 Å². The fourth-order valence-corrected chi connectivity index (χ4v) is 5.58. The number of aliphatic hydroxyl groups is 1. The predicted octanol–water partition coefficient (Wildman–Crippen LogP) is 4.12. The van der Waals surface area contributed by atoms with Crippen molar-refractivity contribution < 1.29 is 18.3 Å². The molecule has 1 aliphatic rings. The molecule has 8 heteroatoms. The summed E-state index contributed by atoms with van der Waals surface area (Å²) in [4.78, 5) is 12.0. The molecular weight excluding hydrogens is 426 g/mol. The largest absolute Gasteiger partial charge is 0.439 e. The van der Waals surface area contributed by atoms with Crippen LogP contribution >= 0.6 is 0 Å². The van der Waals surface area contributed by atoms with E-state index in [9.17, 15) is 13.5 Å². The molecule has 0 bridgehead atoms. The first-order valence-corrected chi connectivity index (χ1v) is 12.4. The monoisotopic (exact) mass is 449 g/mol. The number of hydrogen-bond donors (Lipinski definition) is 2. The van der Waals surface area contributed by atoms with Crippen LogP contribution in [0.2, 0.25) is 0 Å². The lowest BCUT2D eigenvalue weighted by Crippen LogP contribution is -2.22. The predicted molar refractivity (Wildman–Crippen MR) is 122 cm³/mol. The van der Waals surface area contributed by atoms with Crippen molar-refractivity contribution in [2.45, 2.75) is 24.9 Å². The maximum atomic E-state index is 11.8. The standard InChI is InChI=1S/C24H23N3O4S/c28-22(23-26-20-5-1-2-6-21(20)27-23)17-7-9-18(10-8-17)31-24-19(4-3-13-25-24)16-11-14-32(29,30)15-12-16/h1-10,13,16,22,28H,11-12,14-15H2,(H,26,27). The highest BCUT2D eigenvalue weighted by Crippen LogP contribution is 2.36. The third-order valence-electron chi connectivity index (χ3n) is 5.87. The number of H-pyrrole nitrogens is 1. The van der Waals surface area contributed by atoms with Gasteiger partial charge in [-0.3, -0.25) is 0 Å². The van der Waals surface area contributed by atoms with Gasteiger partial charge in [-0.2, -0.15) is 0 Å². The molecule has 2 aromatic heterocycles. The fourth-order valence-electron chi connectivity index (χ4n) is 4.09. The summed E-state index contributed by atoms with van der Waals surface area (Å²) in [5, 5.41) is 10.7. The van der Waals surface area contributed by atoms with Crippen LogP contribution in [0.5, 0.6) is 11.6 Å². The zero-order valence-corrected chi connectivity index (χ0v) is 18.1. The molecule has 1 aliphatic heterocycles. The minimum absolute atomic E-state index is 0.108.